The molecule has 0 aromatic heterocycles. The highest BCUT2D eigenvalue weighted by Gasteiger charge is 2.41. The van der Waals surface area contributed by atoms with Crippen LogP contribution < -0.4 is 10.1 Å². The van der Waals surface area contributed by atoms with Gasteiger partial charge < -0.3 is 10.1 Å². The summed E-state index contributed by atoms with van der Waals surface area (Å²) in [7, 11) is 0. The van der Waals surface area contributed by atoms with Crippen LogP contribution in [0.5, 0.6) is 5.75 Å². The first-order valence-electron chi connectivity index (χ1n) is 8.57. The van der Waals surface area contributed by atoms with Crippen LogP contribution in [0.3, 0.4) is 0 Å². The van der Waals surface area contributed by atoms with Crippen molar-refractivity contribution in [2.24, 2.45) is 0 Å². The van der Waals surface area contributed by atoms with Gasteiger partial charge in [0.15, 0.2) is 0 Å². The van der Waals surface area contributed by atoms with Crippen LogP contribution >= 0.6 is 0 Å². The predicted molar refractivity (Wildman–Crippen MR) is 93.8 cm³/mol. The summed E-state index contributed by atoms with van der Waals surface area (Å²) < 4.78 is 5.60. The van der Waals surface area contributed by atoms with E-state index in [0.717, 1.165) is 16.2 Å². The lowest BCUT2D eigenvalue weighted by molar-refractivity contribution is -0.125. The fourth-order valence-corrected chi connectivity index (χ4v) is 3.46. The van der Waals surface area contributed by atoms with E-state index in [1.165, 1.54) is 0 Å². The highest BCUT2D eigenvalue weighted by atomic mass is 16.5. The molecule has 0 fully saturated rings. The number of carbonyl (C=O) groups is 3. The highest BCUT2D eigenvalue weighted by Crippen LogP contribution is 2.32. The van der Waals surface area contributed by atoms with E-state index in [0.29, 0.717) is 24.2 Å². The topological polar surface area (TPSA) is 75.7 Å². The standard InChI is InChI=1S/C20H18N2O4/c1-12(22-19(24)13-6-2-3-7-14(13)20(22)25)18(23)21-16-10-11-26-17-9-5-4-8-15(16)17/h2-9,12,16H,10-11H2,1H3,(H,21,23)/t12-,16+/m1/s1. The molecule has 6 nitrogen and oxygen atoms in total. The van der Waals surface area contributed by atoms with Crippen molar-refractivity contribution in [1.29, 1.82) is 0 Å². The minimum absolute atomic E-state index is 0.204. The summed E-state index contributed by atoms with van der Waals surface area (Å²) in [5.74, 6) is -0.472. The molecule has 0 aliphatic carbocycles. The van der Waals surface area contributed by atoms with Crippen molar-refractivity contribution in [2.75, 3.05) is 6.61 Å². The maximum absolute atomic E-state index is 12.8. The Morgan fingerprint density at radius 3 is 2.38 bits per heavy atom. The molecule has 2 aliphatic heterocycles. The molecular formula is C20H18N2O4. The molecule has 0 spiro atoms. The second kappa shape index (κ2) is 6.29. The number of fused-ring (bicyclic) bond motifs is 2. The Hall–Kier alpha value is -3.15. The SMILES string of the molecule is C[C@H](C(=O)N[C@H]1CCOc2ccccc21)N1C(=O)c2ccccc2C1=O. The van der Waals surface area contributed by atoms with Gasteiger partial charge in [-0.1, -0.05) is 30.3 Å². The summed E-state index contributed by atoms with van der Waals surface area (Å²) in [5, 5.41) is 2.95. The van der Waals surface area contributed by atoms with Gasteiger partial charge in [0.1, 0.15) is 11.8 Å². The van der Waals surface area contributed by atoms with E-state index in [-0.39, 0.29) is 11.9 Å². The lowest BCUT2D eigenvalue weighted by atomic mass is 10.00. The van der Waals surface area contributed by atoms with E-state index >= 15 is 0 Å². The Morgan fingerprint density at radius 1 is 1.08 bits per heavy atom. The molecule has 4 rings (SSSR count). The molecule has 0 unspecified atom stereocenters. The van der Waals surface area contributed by atoms with Crippen molar-refractivity contribution in [1.82, 2.24) is 10.2 Å². The summed E-state index contributed by atoms with van der Waals surface area (Å²) >= 11 is 0. The number of nitrogens with one attached hydrogen (secondary N) is 1. The second-order valence-electron chi connectivity index (χ2n) is 6.44. The second-order valence-corrected chi connectivity index (χ2v) is 6.44. The van der Waals surface area contributed by atoms with E-state index in [4.69, 9.17) is 4.74 Å². The van der Waals surface area contributed by atoms with Crippen LogP contribution in [0, 0.1) is 0 Å². The van der Waals surface area contributed by atoms with Crippen molar-refractivity contribution < 1.29 is 19.1 Å². The van der Waals surface area contributed by atoms with E-state index in [2.05, 4.69) is 5.32 Å². The van der Waals surface area contributed by atoms with E-state index < -0.39 is 17.9 Å². The summed E-state index contributed by atoms with van der Waals surface area (Å²) in [4.78, 5) is 38.9. The zero-order valence-electron chi connectivity index (χ0n) is 14.3. The molecule has 0 bridgehead atoms. The fourth-order valence-electron chi connectivity index (χ4n) is 3.46. The first kappa shape index (κ1) is 16.3. The van der Waals surface area contributed by atoms with Crippen LogP contribution in [0.2, 0.25) is 0 Å². The number of nitrogens with zero attached hydrogens (tertiary/aromatic N) is 1. The Labute approximate surface area is 150 Å². The smallest absolute Gasteiger partial charge is 0.262 e. The maximum atomic E-state index is 12.8. The van der Waals surface area contributed by atoms with Gasteiger partial charge in [-0.05, 0) is 25.1 Å². The van der Waals surface area contributed by atoms with Crippen molar-refractivity contribution >= 4 is 17.7 Å². The number of benzene rings is 2. The van der Waals surface area contributed by atoms with Crippen molar-refractivity contribution in [3.63, 3.8) is 0 Å². The molecule has 3 amide bonds. The monoisotopic (exact) mass is 350 g/mol. The van der Waals surface area contributed by atoms with Crippen LogP contribution in [-0.2, 0) is 4.79 Å². The van der Waals surface area contributed by atoms with Gasteiger partial charge in [-0.15, -0.1) is 0 Å². The lowest BCUT2D eigenvalue weighted by Crippen LogP contribution is -2.49. The molecule has 26 heavy (non-hydrogen) atoms. The van der Waals surface area contributed by atoms with Crippen LogP contribution in [0.4, 0.5) is 0 Å². The number of hydrogen-bond donors (Lipinski definition) is 1. The zero-order valence-corrected chi connectivity index (χ0v) is 14.3. The van der Waals surface area contributed by atoms with Gasteiger partial charge in [-0.2, -0.15) is 0 Å². The van der Waals surface area contributed by atoms with E-state index in [1.54, 1.807) is 31.2 Å². The number of imide groups is 1. The third-order valence-electron chi connectivity index (χ3n) is 4.87. The van der Waals surface area contributed by atoms with Gasteiger partial charge in [0, 0.05) is 12.0 Å². The maximum Gasteiger partial charge on any atom is 0.262 e. The molecule has 2 heterocycles. The molecule has 2 aliphatic rings. The van der Waals surface area contributed by atoms with E-state index in [1.807, 2.05) is 24.3 Å². The molecule has 2 aromatic carbocycles. The van der Waals surface area contributed by atoms with Gasteiger partial charge in [0.05, 0.1) is 23.8 Å². The third-order valence-corrected chi connectivity index (χ3v) is 4.87. The van der Waals surface area contributed by atoms with Gasteiger partial charge in [0.25, 0.3) is 11.8 Å². The molecule has 6 heteroatoms. The highest BCUT2D eigenvalue weighted by molar-refractivity contribution is 6.22. The quantitative estimate of drug-likeness (QED) is 0.862. The number of ether oxygens (including phenoxy) is 1. The first-order chi connectivity index (χ1) is 12.6. The molecule has 0 saturated carbocycles. The van der Waals surface area contributed by atoms with Crippen molar-refractivity contribution in [3.05, 3.63) is 65.2 Å². The summed E-state index contributed by atoms with van der Waals surface area (Å²) in [6.45, 7) is 2.08. The molecule has 2 atom stereocenters. The van der Waals surface area contributed by atoms with E-state index in [9.17, 15) is 14.4 Å². The number of carbonyl (C=O) groups excluding carboxylic acids is 3. The van der Waals surface area contributed by atoms with Crippen LogP contribution in [0.1, 0.15) is 45.7 Å². The summed E-state index contributed by atoms with van der Waals surface area (Å²) in [5.41, 5.74) is 1.59. The Balaban J connectivity index is 1.53. The van der Waals surface area contributed by atoms with Crippen LogP contribution in [0.25, 0.3) is 0 Å². The average Bonchev–Trinajstić information content (AvgIpc) is 2.92. The molecule has 0 saturated heterocycles. The molecule has 0 radical (unpaired) electrons. The molecule has 1 N–H and O–H groups in total. The summed E-state index contributed by atoms with van der Waals surface area (Å²) in [6, 6.07) is 13.1. The molecular weight excluding hydrogens is 332 g/mol. The Morgan fingerprint density at radius 2 is 1.69 bits per heavy atom. The first-order valence-corrected chi connectivity index (χ1v) is 8.57. The normalized spacial score (nSPS) is 19.4. The lowest BCUT2D eigenvalue weighted by Gasteiger charge is -2.29. The summed E-state index contributed by atoms with van der Waals surface area (Å²) in [6.07, 6.45) is 0.636. The number of rotatable bonds is 3. The number of amides is 3. The van der Waals surface area contributed by atoms with Crippen molar-refractivity contribution in [3.8, 4) is 5.75 Å². The minimum atomic E-state index is -0.891. The van der Waals surface area contributed by atoms with Gasteiger partial charge in [-0.3, -0.25) is 19.3 Å². The Bertz CT molecular complexity index is 873. The van der Waals surface area contributed by atoms with Gasteiger partial charge >= 0.3 is 0 Å². The predicted octanol–water partition coefficient (Wildman–Crippen LogP) is 2.31. The minimum Gasteiger partial charge on any atom is -0.493 e. The molecule has 132 valence electrons. The largest absolute Gasteiger partial charge is 0.493 e. The van der Waals surface area contributed by atoms with Crippen LogP contribution in [0.15, 0.2) is 48.5 Å². The van der Waals surface area contributed by atoms with Gasteiger partial charge in [0.2, 0.25) is 5.91 Å². The number of hydrogen-bond acceptors (Lipinski definition) is 4. The van der Waals surface area contributed by atoms with Crippen LogP contribution in [-0.4, -0.2) is 35.3 Å². The fraction of sp³-hybridized carbons (Fsp3) is 0.250. The van der Waals surface area contributed by atoms with Crippen molar-refractivity contribution in [2.45, 2.75) is 25.4 Å². The number of para-hydroxylation sites is 1. The average molecular weight is 350 g/mol. The molecule has 2 aromatic rings. The Kier molecular flexibility index (Phi) is 3.95. The third kappa shape index (κ3) is 2.54. The zero-order chi connectivity index (χ0) is 18.3. The van der Waals surface area contributed by atoms with Gasteiger partial charge in [-0.25, -0.2) is 0 Å².